The maximum atomic E-state index is 12.5. The predicted octanol–water partition coefficient (Wildman–Crippen LogP) is 2.36. The van der Waals surface area contributed by atoms with Crippen LogP contribution in [0.2, 0.25) is 0 Å². The number of nitrogens with one attached hydrogen (secondary N) is 1. The Morgan fingerprint density at radius 1 is 1.24 bits per heavy atom. The lowest BCUT2D eigenvalue weighted by Crippen LogP contribution is -2.34. The minimum absolute atomic E-state index is 0.0171. The van der Waals surface area contributed by atoms with E-state index in [1.165, 1.54) is 4.57 Å². The molecule has 0 aliphatic carbocycles. The summed E-state index contributed by atoms with van der Waals surface area (Å²) < 4.78 is 1.44. The number of aromatic nitrogens is 2. The molecule has 0 spiro atoms. The molecule has 0 aliphatic rings. The third-order valence-electron chi connectivity index (χ3n) is 4.38. The molecule has 1 amide bonds. The highest BCUT2D eigenvalue weighted by molar-refractivity contribution is 7.10. The molecule has 0 unspecified atom stereocenters. The number of benzene rings is 1. The molecule has 0 saturated heterocycles. The Kier molecular flexibility index (Phi) is 4.85. The Hall–Kier alpha value is -2.67. The maximum Gasteiger partial charge on any atom is 0.328 e. The Morgan fingerprint density at radius 3 is 2.72 bits per heavy atom. The molecule has 3 rings (SSSR count). The summed E-state index contributed by atoms with van der Waals surface area (Å²) in [6.45, 7) is 2.20. The largest absolute Gasteiger partial charge is 0.338 e. The Bertz CT molecular complexity index is 1000. The summed E-state index contributed by atoms with van der Waals surface area (Å²) in [5, 5.41) is 2.42. The number of hydrogen-bond acceptors (Lipinski definition) is 4. The first-order chi connectivity index (χ1) is 12.0. The number of carbonyl (C=O) groups is 1. The number of thiophene rings is 1. The number of fused-ring (bicyclic) bond motifs is 1. The van der Waals surface area contributed by atoms with Crippen molar-refractivity contribution in [2.45, 2.75) is 25.9 Å². The normalized spacial score (nSPS) is 12.2. The van der Waals surface area contributed by atoms with Crippen LogP contribution in [-0.2, 0) is 11.3 Å². The fraction of sp³-hybridized carbons (Fsp3) is 0.278. The average Bonchev–Trinajstić information content (AvgIpc) is 3.14. The topological polar surface area (TPSA) is 75.2 Å². The molecule has 1 N–H and O–H groups in total. The van der Waals surface area contributed by atoms with Crippen molar-refractivity contribution in [2.24, 2.45) is 0 Å². The van der Waals surface area contributed by atoms with Crippen molar-refractivity contribution in [3.63, 3.8) is 0 Å². The molecule has 2 aromatic heterocycles. The summed E-state index contributed by atoms with van der Waals surface area (Å²) in [6.07, 6.45) is 0.183. The zero-order valence-electron chi connectivity index (χ0n) is 14.1. The highest BCUT2D eigenvalue weighted by Gasteiger charge is 2.18. The van der Waals surface area contributed by atoms with Gasteiger partial charge in [0.25, 0.3) is 5.56 Å². The van der Waals surface area contributed by atoms with Crippen LogP contribution in [0.5, 0.6) is 0 Å². The quantitative estimate of drug-likeness (QED) is 0.762. The van der Waals surface area contributed by atoms with Crippen molar-refractivity contribution < 1.29 is 4.79 Å². The van der Waals surface area contributed by atoms with Gasteiger partial charge in [0.15, 0.2) is 0 Å². The van der Waals surface area contributed by atoms with Crippen molar-refractivity contribution in [2.75, 3.05) is 7.05 Å². The summed E-state index contributed by atoms with van der Waals surface area (Å²) in [7, 11) is 1.76. The highest BCUT2D eigenvalue weighted by atomic mass is 32.1. The Labute approximate surface area is 148 Å². The third-order valence-corrected chi connectivity index (χ3v) is 5.43. The molecule has 0 radical (unpaired) electrons. The molecule has 0 bridgehead atoms. The lowest BCUT2D eigenvalue weighted by Gasteiger charge is -2.24. The van der Waals surface area contributed by atoms with Crippen LogP contribution in [0.3, 0.4) is 0 Å². The van der Waals surface area contributed by atoms with Crippen LogP contribution >= 0.6 is 11.3 Å². The van der Waals surface area contributed by atoms with E-state index >= 15 is 0 Å². The second-order valence-corrected chi connectivity index (χ2v) is 6.85. The number of H-pyrrole nitrogens is 1. The van der Waals surface area contributed by atoms with Gasteiger partial charge < -0.3 is 4.90 Å². The van der Waals surface area contributed by atoms with Gasteiger partial charge in [0, 0.05) is 24.9 Å². The minimum Gasteiger partial charge on any atom is -0.338 e. The van der Waals surface area contributed by atoms with Gasteiger partial charge in [-0.2, -0.15) is 0 Å². The van der Waals surface area contributed by atoms with Gasteiger partial charge in [-0.15, -0.1) is 11.3 Å². The van der Waals surface area contributed by atoms with Gasteiger partial charge in [-0.05, 0) is 30.5 Å². The summed E-state index contributed by atoms with van der Waals surface area (Å²) in [5.41, 5.74) is -0.366. The predicted molar refractivity (Wildman–Crippen MR) is 98.9 cm³/mol. The molecule has 0 fully saturated rings. The fourth-order valence-electron chi connectivity index (χ4n) is 2.78. The summed E-state index contributed by atoms with van der Waals surface area (Å²) in [6, 6.07) is 10.8. The van der Waals surface area contributed by atoms with Crippen LogP contribution < -0.4 is 11.2 Å². The van der Waals surface area contributed by atoms with Crippen LogP contribution in [-0.4, -0.2) is 27.4 Å². The van der Waals surface area contributed by atoms with E-state index in [4.69, 9.17) is 0 Å². The molecular formula is C18H19N3O3S. The molecule has 7 heteroatoms. The second kappa shape index (κ2) is 7.06. The lowest BCUT2D eigenvalue weighted by atomic mass is 10.2. The van der Waals surface area contributed by atoms with E-state index in [1.54, 1.807) is 47.5 Å². The van der Waals surface area contributed by atoms with Gasteiger partial charge in [0.1, 0.15) is 0 Å². The van der Waals surface area contributed by atoms with Crippen LogP contribution in [0.4, 0.5) is 0 Å². The van der Waals surface area contributed by atoms with E-state index in [9.17, 15) is 14.4 Å². The number of aryl methyl sites for hydroxylation is 1. The molecule has 0 saturated carbocycles. The van der Waals surface area contributed by atoms with Crippen LogP contribution in [0.1, 0.15) is 24.3 Å². The average molecular weight is 357 g/mol. The molecule has 1 atom stereocenters. The monoisotopic (exact) mass is 357 g/mol. The summed E-state index contributed by atoms with van der Waals surface area (Å²) in [5.74, 6) is -0.0527. The molecule has 0 aliphatic heterocycles. The third kappa shape index (κ3) is 3.41. The van der Waals surface area contributed by atoms with Gasteiger partial charge in [-0.25, -0.2) is 4.79 Å². The van der Waals surface area contributed by atoms with Crippen LogP contribution in [0.25, 0.3) is 10.9 Å². The number of nitrogens with zero attached hydrogens (tertiary/aromatic N) is 2. The summed E-state index contributed by atoms with van der Waals surface area (Å²) in [4.78, 5) is 41.6. The molecule has 130 valence electrons. The molecule has 25 heavy (non-hydrogen) atoms. The van der Waals surface area contributed by atoms with Gasteiger partial charge in [0.05, 0.1) is 16.9 Å². The SMILES string of the molecule is C[C@H](c1cccs1)N(C)C(=O)CCn1c(=O)[nH]c(=O)c2ccccc21. The molecular weight excluding hydrogens is 338 g/mol. The van der Waals surface area contributed by atoms with Crippen molar-refractivity contribution in [1.29, 1.82) is 0 Å². The number of amides is 1. The highest BCUT2D eigenvalue weighted by Crippen LogP contribution is 2.23. The van der Waals surface area contributed by atoms with Crippen molar-refractivity contribution in [3.05, 3.63) is 67.5 Å². The van der Waals surface area contributed by atoms with E-state index in [2.05, 4.69) is 4.98 Å². The standard InChI is InChI=1S/C18H19N3O3S/c1-12(15-8-5-11-25-15)20(2)16(22)9-10-21-14-7-4-3-6-13(14)17(23)19-18(21)24/h3-8,11-12H,9-10H2,1-2H3,(H,19,23,24)/t12-/m1/s1. The molecule has 1 aromatic carbocycles. The van der Waals surface area contributed by atoms with E-state index in [0.29, 0.717) is 10.9 Å². The lowest BCUT2D eigenvalue weighted by molar-refractivity contribution is -0.132. The first-order valence-corrected chi connectivity index (χ1v) is 8.88. The Balaban J connectivity index is 1.80. The zero-order chi connectivity index (χ0) is 18.0. The number of hydrogen-bond donors (Lipinski definition) is 1. The molecule has 3 aromatic rings. The minimum atomic E-state index is -0.495. The Morgan fingerprint density at radius 2 is 2.00 bits per heavy atom. The van der Waals surface area contributed by atoms with Gasteiger partial charge in [-0.3, -0.25) is 19.1 Å². The second-order valence-electron chi connectivity index (χ2n) is 5.87. The van der Waals surface area contributed by atoms with Crippen molar-refractivity contribution >= 4 is 28.1 Å². The number of rotatable bonds is 5. The van der Waals surface area contributed by atoms with Crippen molar-refractivity contribution in [1.82, 2.24) is 14.5 Å². The van der Waals surface area contributed by atoms with E-state index < -0.39 is 11.2 Å². The zero-order valence-corrected chi connectivity index (χ0v) is 14.9. The first-order valence-electron chi connectivity index (χ1n) is 8.00. The number of carbonyl (C=O) groups excluding carboxylic acids is 1. The fourth-order valence-corrected chi connectivity index (χ4v) is 3.61. The number of aromatic amines is 1. The smallest absolute Gasteiger partial charge is 0.328 e. The summed E-state index contributed by atoms with van der Waals surface area (Å²) >= 11 is 1.61. The van der Waals surface area contributed by atoms with Crippen molar-refractivity contribution in [3.8, 4) is 0 Å². The number of para-hydroxylation sites is 1. The first kappa shape index (κ1) is 17.2. The van der Waals surface area contributed by atoms with Gasteiger partial charge in [0.2, 0.25) is 5.91 Å². The van der Waals surface area contributed by atoms with Crippen LogP contribution in [0.15, 0.2) is 51.4 Å². The van der Waals surface area contributed by atoms with E-state index in [-0.39, 0.29) is 24.9 Å². The molecule has 6 nitrogen and oxygen atoms in total. The van der Waals surface area contributed by atoms with Crippen LogP contribution in [0, 0.1) is 0 Å². The molecule has 2 heterocycles. The van der Waals surface area contributed by atoms with Gasteiger partial charge >= 0.3 is 5.69 Å². The van der Waals surface area contributed by atoms with E-state index in [0.717, 1.165) is 4.88 Å². The van der Waals surface area contributed by atoms with Gasteiger partial charge in [-0.1, -0.05) is 18.2 Å². The van der Waals surface area contributed by atoms with E-state index in [1.807, 2.05) is 24.4 Å². The maximum absolute atomic E-state index is 12.5.